The van der Waals surface area contributed by atoms with Gasteiger partial charge in [-0.15, -0.1) is 0 Å². The summed E-state index contributed by atoms with van der Waals surface area (Å²) >= 11 is 0. The van der Waals surface area contributed by atoms with Crippen molar-refractivity contribution in [2.75, 3.05) is 6.61 Å². The van der Waals surface area contributed by atoms with Gasteiger partial charge in [0.25, 0.3) is 0 Å². The highest BCUT2D eigenvalue weighted by atomic mass is 16.5. The van der Waals surface area contributed by atoms with Crippen molar-refractivity contribution in [2.24, 2.45) is 11.8 Å². The lowest BCUT2D eigenvalue weighted by Gasteiger charge is -2.18. The number of ether oxygens (including phenoxy) is 1. The van der Waals surface area contributed by atoms with E-state index in [1.54, 1.807) is 0 Å². The van der Waals surface area contributed by atoms with Crippen LogP contribution >= 0.6 is 0 Å². The third-order valence-electron chi connectivity index (χ3n) is 6.77. The maximum atomic E-state index is 12.4. The Hall–Kier alpha value is -0.530. The second-order valence-electron chi connectivity index (χ2n) is 10.1. The zero-order chi connectivity index (χ0) is 23.0. The molecule has 0 amide bonds. The first-order valence-corrected chi connectivity index (χ1v) is 14.3. The number of hydrogen-bond donors (Lipinski definition) is 0. The molecule has 0 bridgehead atoms. The standard InChI is InChI=1S/C29H58O2/c1-5-8-10-12-14-16-17-19-21-24-27(4)29(30)31-26-28(23-7-3)25-22-20-18-15-13-11-9-6-2/h27-28H,5-26H2,1-4H3. The van der Waals surface area contributed by atoms with Crippen LogP contribution in [-0.4, -0.2) is 12.6 Å². The van der Waals surface area contributed by atoms with Crippen molar-refractivity contribution in [3.63, 3.8) is 0 Å². The van der Waals surface area contributed by atoms with Crippen LogP contribution in [0.5, 0.6) is 0 Å². The van der Waals surface area contributed by atoms with Crippen LogP contribution in [0, 0.1) is 11.8 Å². The van der Waals surface area contributed by atoms with Gasteiger partial charge in [-0.1, -0.05) is 143 Å². The minimum atomic E-state index is 0.0385. The Labute approximate surface area is 196 Å². The van der Waals surface area contributed by atoms with E-state index in [-0.39, 0.29) is 11.9 Å². The molecule has 2 atom stereocenters. The van der Waals surface area contributed by atoms with Gasteiger partial charge in [0, 0.05) is 0 Å². The predicted octanol–water partition coefficient (Wildman–Crippen LogP) is 10.0. The Morgan fingerprint density at radius 3 is 1.42 bits per heavy atom. The monoisotopic (exact) mass is 438 g/mol. The van der Waals surface area contributed by atoms with E-state index in [9.17, 15) is 4.79 Å². The van der Waals surface area contributed by atoms with Gasteiger partial charge in [0.05, 0.1) is 12.5 Å². The zero-order valence-corrected chi connectivity index (χ0v) is 22.0. The number of carbonyl (C=O) groups excluding carboxylic acids is 1. The number of esters is 1. The van der Waals surface area contributed by atoms with Gasteiger partial charge in [0.15, 0.2) is 0 Å². The summed E-state index contributed by atoms with van der Waals surface area (Å²) in [7, 11) is 0. The summed E-state index contributed by atoms with van der Waals surface area (Å²) in [4.78, 5) is 12.4. The topological polar surface area (TPSA) is 26.3 Å². The van der Waals surface area contributed by atoms with Gasteiger partial charge in [0.1, 0.15) is 0 Å². The van der Waals surface area contributed by atoms with Crippen molar-refractivity contribution >= 4 is 5.97 Å². The fourth-order valence-electron chi connectivity index (χ4n) is 4.51. The second-order valence-corrected chi connectivity index (χ2v) is 10.1. The Bertz CT molecular complexity index is 366. The molecule has 0 N–H and O–H groups in total. The first kappa shape index (κ1) is 30.5. The molecule has 2 unspecified atom stereocenters. The van der Waals surface area contributed by atoms with Crippen LogP contribution in [-0.2, 0) is 9.53 Å². The first-order chi connectivity index (χ1) is 15.2. The molecule has 0 heterocycles. The molecule has 186 valence electrons. The van der Waals surface area contributed by atoms with E-state index in [0.29, 0.717) is 12.5 Å². The van der Waals surface area contributed by atoms with E-state index in [0.717, 1.165) is 6.42 Å². The molecule has 0 saturated heterocycles. The normalized spacial score (nSPS) is 13.3. The highest BCUT2D eigenvalue weighted by Crippen LogP contribution is 2.19. The van der Waals surface area contributed by atoms with Gasteiger partial charge in [-0.25, -0.2) is 0 Å². The van der Waals surface area contributed by atoms with Crippen LogP contribution in [0.4, 0.5) is 0 Å². The Morgan fingerprint density at radius 2 is 0.968 bits per heavy atom. The van der Waals surface area contributed by atoms with Gasteiger partial charge in [0.2, 0.25) is 0 Å². The SMILES string of the molecule is CCCCCCCCCCCC(C)C(=O)OCC(CCC)CCCCCCCCCC. The van der Waals surface area contributed by atoms with Gasteiger partial charge in [-0.05, 0) is 25.2 Å². The molecular formula is C29H58O2. The first-order valence-electron chi connectivity index (χ1n) is 14.3. The molecule has 0 aliphatic heterocycles. The summed E-state index contributed by atoms with van der Waals surface area (Å²) in [5, 5.41) is 0. The lowest BCUT2D eigenvalue weighted by Crippen LogP contribution is -2.19. The van der Waals surface area contributed by atoms with Crippen LogP contribution in [0.2, 0.25) is 0 Å². The average molecular weight is 439 g/mol. The van der Waals surface area contributed by atoms with Gasteiger partial charge < -0.3 is 4.74 Å². The lowest BCUT2D eigenvalue weighted by atomic mass is 9.96. The summed E-state index contributed by atoms with van der Waals surface area (Å²) in [5.41, 5.74) is 0. The van der Waals surface area contributed by atoms with E-state index in [1.807, 2.05) is 0 Å². The van der Waals surface area contributed by atoms with Crippen molar-refractivity contribution < 1.29 is 9.53 Å². The van der Waals surface area contributed by atoms with Crippen molar-refractivity contribution in [2.45, 2.75) is 163 Å². The van der Waals surface area contributed by atoms with Crippen LogP contribution in [0.25, 0.3) is 0 Å². The van der Waals surface area contributed by atoms with Crippen LogP contribution in [0.1, 0.15) is 163 Å². The second kappa shape index (κ2) is 24.1. The van der Waals surface area contributed by atoms with Crippen molar-refractivity contribution in [3.05, 3.63) is 0 Å². The largest absolute Gasteiger partial charge is 0.465 e. The van der Waals surface area contributed by atoms with Crippen molar-refractivity contribution in [1.29, 1.82) is 0 Å². The third-order valence-corrected chi connectivity index (χ3v) is 6.77. The molecule has 2 heteroatoms. The summed E-state index contributed by atoms with van der Waals surface area (Å²) in [6, 6.07) is 0. The lowest BCUT2D eigenvalue weighted by molar-refractivity contribution is -0.149. The number of carbonyl (C=O) groups is 1. The fraction of sp³-hybridized carbons (Fsp3) is 0.966. The molecule has 0 rings (SSSR count). The molecule has 0 saturated carbocycles. The predicted molar refractivity (Wildman–Crippen MR) is 138 cm³/mol. The van der Waals surface area contributed by atoms with Gasteiger partial charge in [-0.3, -0.25) is 4.79 Å². The highest BCUT2D eigenvalue weighted by Gasteiger charge is 2.16. The van der Waals surface area contributed by atoms with Gasteiger partial charge in [-0.2, -0.15) is 0 Å². The Balaban J connectivity index is 3.74. The van der Waals surface area contributed by atoms with Crippen LogP contribution in [0.15, 0.2) is 0 Å². The van der Waals surface area contributed by atoms with E-state index < -0.39 is 0 Å². The number of unbranched alkanes of at least 4 members (excludes halogenated alkanes) is 15. The zero-order valence-electron chi connectivity index (χ0n) is 22.0. The number of hydrogen-bond acceptors (Lipinski definition) is 2. The molecule has 0 aliphatic rings. The molecule has 31 heavy (non-hydrogen) atoms. The third kappa shape index (κ3) is 21.1. The highest BCUT2D eigenvalue weighted by molar-refractivity contribution is 5.71. The molecule has 0 aromatic carbocycles. The maximum Gasteiger partial charge on any atom is 0.308 e. The Morgan fingerprint density at radius 1 is 0.548 bits per heavy atom. The molecule has 0 fully saturated rings. The minimum absolute atomic E-state index is 0.0385. The molecule has 0 aromatic rings. The van der Waals surface area contributed by atoms with Crippen LogP contribution in [0.3, 0.4) is 0 Å². The van der Waals surface area contributed by atoms with E-state index >= 15 is 0 Å². The molecule has 0 aliphatic carbocycles. The van der Waals surface area contributed by atoms with E-state index in [2.05, 4.69) is 27.7 Å². The number of rotatable bonds is 24. The van der Waals surface area contributed by atoms with Crippen LogP contribution < -0.4 is 0 Å². The van der Waals surface area contributed by atoms with E-state index in [4.69, 9.17) is 4.74 Å². The quantitative estimate of drug-likeness (QED) is 0.111. The molecule has 0 radical (unpaired) electrons. The summed E-state index contributed by atoms with van der Waals surface area (Å²) in [6.07, 6.45) is 27.5. The van der Waals surface area contributed by atoms with Crippen molar-refractivity contribution in [1.82, 2.24) is 0 Å². The minimum Gasteiger partial charge on any atom is -0.465 e. The fourth-order valence-corrected chi connectivity index (χ4v) is 4.51. The molecule has 0 aromatic heterocycles. The maximum absolute atomic E-state index is 12.4. The Kier molecular flexibility index (Phi) is 23.7. The molecule has 2 nitrogen and oxygen atoms in total. The van der Waals surface area contributed by atoms with Crippen molar-refractivity contribution in [3.8, 4) is 0 Å². The molecule has 0 spiro atoms. The summed E-state index contributed by atoms with van der Waals surface area (Å²) < 4.78 is 5.74. The molecular weight excluding hydrogens is 380 g/mol. The smallest absolute Gasteiger partial charge is 0.308 e. The summed E-state index contributed by atoms with van der Waals surface area (Å²) in [6.45, 7) is 9.49. The van der Waals surface area contributed by atoms with Gasteiger partial charge >= 0.3 is 5.97 Å². The average Bonchev–Trinajstić information content (AvgIpc) is 2.77. The summed E-state index contributed by atoms with van der Waals surface area (Å²) in [5.74, 6) is 0.667. The van der Waals surface area contributed by atoms with E-state index in [1.165, 1.54) is 128 Å².